The van der Waals surface area contributed by atoms with Gasteiger partial charge in [-0.2, -0.15) is 9.61 Å². The van der Waals surface area contributed by atoms with Gasteiger partial charge in [-0.1, -0.05) is 66.3 Å². The molecule has 0 aliphatic rings. The van der Waals surface area contributed by atoms with E-state index in [-0.39, 0.29) is 29.1 Å². The number of ketones is 1. The summed E-state index contributed by atoms with van der Waals surface area (Å²) in [7, 11) is 0. The largest absolute Gasteiger partial charge is 0.456 e. The van der Waals surface area contributed by atoms with Gasteiger partial charge in [0.05, 0.1) is 11.3 Å². The van der Waals surface area contributed by atoms with Gasteiger partial charge in [-0.15, -0.1) is 0 Å². The van der Waals surface area contributed by atoms with Gasteiger partial charge in [-0.05, 0) is 19.4 Å². The van der Waals surface area contributed by atoms with Crippen molar-refractivity contribution in [2.45, 2.75) is 26.9 Å². The van der Waals surface area contributed by atoms with Crippen LogP contribution < -0.4 is 5.56 Å². The standard InChI is InChI=1S/C23H19N3O4S/c1-3-19-25-26-20(27)12-16(24-23(26)31-19)13-30-22(29)18-7-5-4-6-17(18)21(28)15-10-8-14(2)9-11-15/h4-12H,3,13H2,1-2H3. The molecule has 31 heavy (non-hydrogen) atoms. The van der Waals surface area contributed by atoms with Crippen molar-refractivity contribution in [1.82, 2.24) is 14.6 Å². The Bertz CT molecular complexity index is 1340. The number of fused-ring (bicyclic) bond motifs is 1. The van der Waals surface area contributed by atoms with E-state index in [0.717, 1.165) is 10.6 Å². The van der Waals surface area contributed by atoms with E-state index in [1.165, 1.54) is 21.9 Å². The van der Waals surface area contributed by atoms with Crippen LogP contribution >= 0.6 is 11.3 Å². The number of rotatable bonds is 6. The first kappa shape index (κ1) is 20.6. The first-order chi connectivity index (χ1) is 15.0. The molecule has 0 fully saturated rings. The van der Waals surface area contributed by atoms with E-state index in [1.54, 1.807) is 36.4 Å². The van der Waals surface area contributed by atoms with Gasteiger partial charge in [0.1, 0.15) is 11.6 Å². The van der Waals surface area contributed by atoms with Gasteiger partial charge in [-0.25, -0.2) is 9.78 Å². The van der Waals surface area contributed by atoms with Crippen molar-refractivity contribution < 1.29 is 14.3 Å². The summed E-state index contributed by atoms with van der Waals surface area (Å²) in [6, 6.07) is 15.0. The van der Waals surface area contributed by atoms with Crippen molar-refractivity contribution in [3.05, 3.63) is 97.9 Å². The zero-order chi connectivity index (χ0) is 22.0. The quantitative estimate of drug-likeness (QED) is 0.341. The number of benzene rings is 2. The third kappa shape index (κ3) is 4.29. The van der Waals surface area contributed by atoms with Crippen LogP contribution in [0.1, 0.15) is 49.5 Å². The lowest BCUT2D eigenvalue weighted by molar-refractivity contribution is 0.0465. The number of hydrogen-bond donors (Lipinski definition) is 0. The first-order valence-corrected chi connectivity index (χ1v) is 10.5. The number of carbonyl (C=O) groups excluding carboxylic acids is 2. The molecular formula is C23H19N3O4S. The molecule has 156 valence electrons. The van der Waals surface area contributed by atoms with Crippen LogP contribution in [0.5, 0.6) is 0 Å². The highest BCUT2D eigenvalue weighted by atomic mass is 32.1. The van der Waals surface area contributed by atoms with Crippen LogP contribution in [0.25, 0.3) is 4.96 Å². The van der Waals surface area contributed by atoms with Crippen LogP contribution in [0.3, 0.4) is 0 Å². The molecule has 0 atom stereocenters. The van der Waals surface area contributed by atoms with Crippen molar-refractivity contribution in [3.63, 3.8) is 0 Å². The van der Waals surface area contributed by atoms with Gasteiger partial charge < -0.3 is 4.74 Å². The minimum absolute atomic E-state index is 0.164. The van der Waals surface area contributed by atoms with Crippen molar-refractivity contribution in [1.29, 1.82) is 0 Å². The molecule has 0 aliphatic carbocycles. The molecule has 2 heterocycles. The first-order valence-electron chi connectivity index (χ1n) is 9.72. The van der Waals surface area contributed by atoms with Crippen molar-refractivity contribution in [3.8, 4) is 0 Å². The van der Waals surface area contributed by atoms with Crippen LogP contribution in [0, 0.1) is 6.92 Å². The number of hydrogen-bond acceptors (Lipinski definition) is 7. The average Bonchev–Trinajstić information content (AvgIpc) is 3.21. The van der Waals surface area contributed by atoms with Gasteiger partial charge in [-0.3, -0.25) is 9.59 Å². The molecule has 0 bridgehead atoms. The fraction of sp³-hybridized carbons (Fsp3) is 0.174. The van der Waals surface area contributed by atoms with Gasteiger partial charge in [0.15, 0.2) is 5.78 Å². The second-order valence-corrected chi connectivity index (χ2v) is 7.99. The molecule has 0 saturated heterocycles. The van der Waals surface area contributed by atoms with Gasteiger partial charge >= 0.3 is 5.97 Å². The van der Waals surface area contributed by atoms with Crippen LogP contribution in [0.2, 0.25) is 0 Å². The highest BCUT2D eigenvalue weighted by molar-refractivity contribution is 7.16. The fourth-order valence-corrected chi connectivity index (χ4v) is 3.91. The van der Waals surface area contributed by atoms with E-state index in [4.69, 9.17) is 4.74 Å². The Morgan fingerprint density at radius 2 is 1.77 bits per heavy atom. The monoisotopic (exact) mass is 433 g/mol. The average molecular weight is 433 g/mol. The van der Waals surface area contributed by atoms with E-state index in [0.29, 0.717) is 22.6 Å². The summed E-state index contributed by atoms with van der Waals surface area (Å²) in [4.78, 5) is 42.7. The maximum Gasteiger partial charge on any atom is 0.339 e. The molecule has 0 N–H and O–H groups in total. The molecule has 7 nitrogen and oxygen atoms in total. The smallest absolute Gasteiger partial charge is 0.339 e. The minimum atomic E-state index is -0.656. The number of nitrogens with zero attached hydrogens (tertiary/aromatic N) is 3. The molecule has 0 saturated carbocycles. The number of ether oxygens (including phenoxy) is 1. The molecule has 4 aromatic rings. The zero-order valence-electron chi connectivity index (χ0n) is 17.0. The van der Waals surface area contributed by atoms with E-state index < -0.39 is 5.97 Å². The molecule has 0 aliphatic heterocycles. The molecular weight excluding hydrogens is 414 g/mol. The summed E-state index contributed by atoms with van der Waals surface area (Å²) in [6.07, 6.45) is 0.698. The lowest BCUT2D eigenvalue weighted by Crippen LogP contribution is -2.17. The molecule has 0 radical (unpaired) electrons. The second kappa shape index (κ2) is 8.61. The maximum atomic E-state index is 12.9. The van der Waals surface area contributed by atoms with Crippen LogP contribution in [0.4, 0.5) is 0 Å². The Morgan fingerprint density at radius 1 is 1.06 bits per heavy atom. The lowest BCUT2D eigenvalue weighted by Gasteiger charge is -2.09. The van der Waals surface area contributed by atoms with Crippen LogP contribution in [-0.2, 0) is 17.8 Å². The third-order valence-corrected chi connectivity index (χ3v) is 5.75. The Labute approximate surface area is 182 Å². The number of aromatic nitrogens is 3. The Balaban J connectivity index is 1.56. The number of esters is 1. The highest BCUT2D eigenvalue weighted by Gasteiger charge is 2.19. The summed E-state index contributed by atoms with van der Waals surface area (Å²) in [5.74, 6) is -0.918. The SMILES string of the molecule is CCc1nn2c(=O)cc(COC(=O)c3ccccc3C(=O)c3ccc(C)cc3)nc2s1. The Kier molecular flexibility index (Phi) is 5.73. The second-order valence-electron chi connectivity index (χ2n) is 6.95. The lowest BCUT2D eigenvalue weighted by atomic mass is 9.98. The normalized spacial score (nSPS) is 10.9. The molecule has 0 unspecified atom stereocenters. The topological polar surface area (TPSA) is 90.6 Å². The number of aryl methyl sites for hydroxylation is 2. The minimum Gasteiger partial charge on any atom is -0.456 e. The fourth-order valence-electron chi connectivity index (χ4n) is 3.05. The van der Waals surface area contributed by atoms with E-state index in [1.807, 2.05) is 26.0 Å². The molecule has 0 spiro atoms. The molecule has 2 aromatic heterocycles. The third-order valence-electron chi connectivity index (χ3n) is 4.70. The summed E-state index contributed by atoms with van der Waals surface area (Å²) < 4.78 is 6.62. The van der Waals surface area contributed by atoms with E-state index in [2.05, 4.69) is 10.1 Å². The molecule has 4 rings (SSSR count). The summed E-state index contributed by atoms with van der Waals surface area (Å²) in [6.45, 7) is 3.70. The van der Waals surface area contributed by atoms with Crippen molar-refractivity contribution in [2.75, 3.05) is 0 Å². The summed E-state index contributed by atoms with van der Waals surface area (Å²) in [5.41, 5.74) is 1.94. The summed E-state index contributed by atoms with van der Waals surface area (Å²) >= 11 is 1.32. The van der Waals surface area contributed by atoms with Crippen molar-refractivity contribution >= 4 is 28.1 Å². The van der Waals surface area contributed by atoms with E-state index >= 15 is 0 Å². The maximum absolute atomic E-state index is 12.9. The predicted molar refractivity (Wildman–Crippen MR) is 117 cm³/mol. The zero-order valence-corrected chi connectivity index (χ0v) is 17.8. The number of carbonyl (C=O) groups is 2. The predicted octanol–water partition coefficient (Wildman–Crippen LogP) is 3.61. The van der Waals surface area contributed by atoms with Gasteiger partial charge in [0.25, 0.3) is 5.56 Å². The molecule has 8 heteroatoms. The van der Waals surface area contributed by atoms with E-state index in [9.17, 15) is 14.4 Å². The highest BCUT2D eigenvalue weighted by Crippen LogP contribution is 2.17. The summed E-state index contributed by atoms with van der Waals surface area (Å²) in [5, 5.41) is 4.99. The van der Waals surface area contributed by atoms with Gasteiger partial charge in [0, 0.05) is 17.2 Å². The van der Waals surface area contributed by atoms with Crippen LogP contribution in [-0.4, -0.2) is 26.4 Å². The van der Waals surface area contributed by atoms with Crippen LogP contribution in [0.15, 0.2) is 59.4 Å². The van der Waals surface area contributed by atoms with Gasteiger partial charge in [0.2, 0.25) is 4.96 Å². The molecule has 0 amide bonds. The Hall–Kier alpha value is -3.65. The Morgan fingerprint density at radius 3 is 2.48 bits per heavy atom. The molecule has 2 aromatic carbocycles. The van der Waals surface area contributed by atoms with Crippen molar-refractivity contribution in [2.24, 2.45) is 0 Å².